The van der Waals surface area contributed by atoms with E-state index in [1.165, 1.54) is 0 Å². The van der Waals surface area contributed by atoms with Crippen molar-refractivity contribution in [1.82, 2.24) is 14.7 Å². The van der Waals surface area contributed by atoms with Gasteiger partial charge in [0.25, 0.3) is 5.91 Å². The Morgan fingerprint density at radius 3 is 2.82 bits per heavy atom. The van der Waals surface area contributed by atoms with E-state index in [2.05, 4.69) is 14.7 Å². The normalized spacial score (nSPS) is 16.1. The lowest BCUT2D eigenvalue weighted by molar-refractivity contribution is 0.0994. The van der Waals surface area contributed by atoms with Crippen molar-refractivity contribution < 1.29 is 17.9 Å². The number of ether oxygens (including phenoxy) is 1. The van der Waals surface area contributed by atoms with Crippen molar-refractivity contribution in [2.24, 2.45) is 0 Å². The summed E-state index contributed by atoms with van der Waals surface area (Å²) in [5.41, 5.74) is 2.82. The highest BCUT2D eigenvalue weighted by Gasteiger charge is 2.30. The summed E-state index contributed by atoms with van der Waals surface area (Å²) in [6.45, 7) is 3.25. The number of fused-ring (bicyclic) bond motifs is 3. The van der Waals surface area contributed by atoms with Crippen molar-refractivity contribution in [3.63, 3.8) is 0 Å². The molecule has 1 aromatic carbocycles. The Balaban J connectivity index is 1.36. The number of hydrogen-bond donors (Lipinski definition) is 1. The van der Waals surface area contributed by atoms with Crippen molar-refractivity contribution in [2.75, 3.05) is 30.0 Å². The molecule has 0 fully saturated rings. The fourth-order valence-corrected chi connectivity index (χ4v) is 5.37. The van der Waals surface area contributed by atoms with Gasteiger partial charge in [-0.15, -0.1) is 0 Å². The van der Waals surface area contributed by atoms with Crippen LogP contribution in [0.3, 0.4) is 0 Å². The molecule has 4 heterocycles. The molecule has 3 aromatic rings. The van der Waals surface area contributed by atoms with E-state index in [1.54, 1.807) is 42.5 Å². The SMILES string of the molecule is CCN1c2ncc(CCOc3ccc4c(c3)CNS4(=O)=O)cc2C(=O)N(C)c2cccnc21. The lowest BCUT2D eigenvalue weighted by Crippen LogP contribution is -2.25. The van der Waals surface area contributed by atoms with E-state index in [0.717, 1.165) is 11.3 Å². The zero-order chi connectivity index (χ0) is 23.2. The smallest absolute Gasteiger partial charge is 0.261 e. The Morgan fingerprint density at radius 2 is 2.00 bits per heavy atom. The lowest BCUT2D eigenvalue weighted by atomic mass is 10.1. The Bertz CT molecular complexity index is 1360. The van der Waals surface area contributed by atoms with Gasteiger partial charge in [0.2, 0.25) is 10.0 Å². The Hall–Kier alpha value is -3.50. The van der Waals surface area contributed by atoms with E-state index in [-0.39, 0.29) is 12.5 Å². The van der Waals surface area contributed by atoms with Crippen LogP contribution in [0.1, 0.15) is 28.4 Å². The van der Waals surface area contributed by atoms with E-state index in [0.29, 0.717) is 53.0 Å². The van der Waals surface area contributed by atoms with E-state index >= 15 is 0 Å². The molecule has 2 aliphatic rings. The van der Waals surface area contributed by atoms with Crippen LogP contribution in [0.15, 0.2) is 53.7 Å². The van der Waals surface area contributed by atoms with E-state index in [1.807, 2.05) is 30.0 Å². The maximum atomic E-state index is 13.2. The van der Waals surface area contributed by atoms with Gasteiger partial charge in [0, 0.05) is 39.0 Å². The number of rotatable bonds is 5. The van der Waals surface area contributed by atoms with Gasteiger partial charge < -0.3 is 14.5 Å². The van der Waals surface area contributed by atoms with Crippen molar-refractivity contribution in [3.8, 4) is 5.75 Å². The molecular weight excluding hydrogens is 442 g/mol. The average Bonchev–Trinajstić information content (AvgIpc) is 3.09. The minimum atomic E-state index is -3.39. The number of aromatic nitrogens is 2. The first-order chi connectivity index (χ1) is 15.9. The van der Waals surface area contributed by atoms with E-state index in [4.69, 9.17) is 4.74 Å². The summed E-state index contributed by atoms with van der Waals surface area (Å²) in [6, 6.07) is 10.5. The first kappa shape index (κ1) is 21.4. The maximum Gasteiger partial charge on any atom is 0.261 e. The van der Waals surface area contributed by atoms with Crippen molar-refractivity contribution in [3.05, 3.63) is 65.5 Å². The molecule has 170 valence electrons. The number of pyridine rings is 2. The van der Waals surface area contributed by atoms with Crippen LogP contribution < -0.4 is 19.3 Å². The largest absolute Gasteiger partial charge is 0.493 e. The van der Waals surface area contributed by atoms with Crippen molar-refractivity contribution in [1.29, 1.82) is 0 Å². The molecule has 0 saturated carbocycles. The third-order valence-corrected chi connectivity index (χ3v) is 7.35. The summed E-state index contributed by atoms with van der Waals surface area (Å²) in [5.74, 6) is 1.75. The van der Waals surface area contributed by atoms with Gasteiger partial charge >= 0.3 is 0 Å². The molecule has 5 rings (SSSR count). The zero-order valence-electron chi connectivity index (χ0n) is 18.3. The predicted molar refractivity (Wildman–Crippen MR) is 124 cm³/mol. The van der Waals surface area contributed by atoms with E-state index in [9.17, 15) is 13.2 Å². The third kappa shape index (κ3) is 3.70. The molecule has 0 atom stereocenters. The molecule has 9 nitrogen and oxygen atoms in total. The Kier molecular flexibility index (Phi) is 5.26. The van der Waals surface area contributed by atoms with Crippen LogP contribution in [0.4, 0.5) is 17.3 Å². The lowest BCUT2D eigenvalue weighted by Gasteiger charge is -2.22. The summed E-state index contributed by atoms with van der Waals surface area (Å²) in [7, 11) is -1.65. The molecule has 0 spiro atoms. The number of hydrogen-bond acceptors (Lipinski definition) is 7. The van der Waals surface area contributed by atoms with Crippen LogP contribution in [0.5, 0.6) is 5.75 Å². The van der Waals surface area contributed by atoms with Gasteiger partial charge in [-0.3, -0.25) is 4.79 Å². The first-order valence-electron chi connectivity index (χ1n) is 10.6. The molecule has 0 aliphatic carbocycles. The number of nitrogens with one attached hydrogen (secondary N) is 1. The molecular formula is C23H23N5O4S. The molecule has 0 saturated heterocycles. The van der Waals surface area contributed by atoms with Crippen molar-refractivity contribution >= 4 is 33.3 Å². The van der Waals surface area contributed by atoms with Gasteiger partial charge in [0.15, 0.2) is 5.82 Å². The molecule has 1 amide bonds. The Morgan fingerprint density at radius 1 is 1.15 bits per heavy atom. The van der Waals surface area contributed by atoms with Crippen LogP contribution in [0.2, 0.25) is 0 Å². The minimum absolute atomic E-state index is 0.141. The fourth-order valence-electron chi connectivity index (χ4n) is 4.14. The van der Waals surface area contributed by atoms with Gasteiger partial charge in [-0.2, -0.15) is 0 Å². The number of sulfonamides is 1. The maximum absolute atomic E-state index is 13.2. The van der Waals surface area contributed by atoms with Crippen LogP contribution in [0.25, 0.3) is 0 Å². The highest BCUT2D eigenvalue weighted by Crippen LogP contribution is 2.37. The summed E-state index contributed by atoms with van der Waals surface area (Å²) >= 11 is 0. The number of carbonyl (C=O) groups excluding carboxylic acids is 1. The topological polar surface area (TPSA) is 105 Å². The molecule has 33 heavy (non-hydrogen) atoms. The summed E-state index contributed by atoms with van der Waals surface area (Å²) in [6.07, 6.45) is 4.01. The molecule has 2 aliphatic heterocycles. The first-order valence-corrected chi connectivity index (χ1v) is 12.1. The van der Waals surface area contributed by atoms with Crippen molar-refractivity contribution in [2.45, 2.75) is 24.8 Å². The van der Waals surface area contributed by atoms with Crippen LogP contribution in [0, 0.1) is 0 Å². The molecule has 0 unspecified atom stereocenters. The molecule has 0 radical (unpaired) electrons. The number of amides is 1. The highest BCUT2D eigenvalue weighted by molar-refractivity contribution is 7.89. The summed E-state index contributed by atoms with van der Waals surface area (Å²) in [5, 5.41) is 0. The second kappa shape index (κ2) is 8.13. The Labute approximate surface area is 192 Å². The van der Waals surface area contributed by atoms with Gasteiger partial charge in [0.1, 0.15) is 11.6 Å². The van der Waals surface area contributed by atoms with Crippen LogP contribution >= 0.6 is 0 Å². The second-order valence-electron chi connectivity index (χ2n) is 7.86. The monoisotopic (exact) mass is 465 g/mol. The third-order valence-electron chi connectivity index (χ3n) is 5.85. The predicted octanol–water partition coefficient (Wildman–Crippen LogP) is 2.64. The summed E-state index contributed by atoms with van der Waals surface area (Å²) in [4.78, 5) is 26.2. The standard InChI is InChI=1S/C23H23N5O4S/c1-3-28-21-18(23(29)27(2)19-5-4-9-24-22(19)28)11-15(13-25-21)8-10-32-17-6-7-20-16(12-17)14-26-33(20,30)31/h4-7,9,11-13,26H,3,8,10,14H2,1-2H3. The van der Waals surface area contributed by atoms with Crippen LogP contribution in [-0.4, -0.2) is 44.5 Å². The van der Waals surface area contributed by atoms with Gasteiger partial charge in [-0.1, -0.05) is 0 Å². The zero-order valence-corrected chi connectivity index (χ0v) is 19.1. The number of anilines is 3. The molecule has 1 N–H and O–H groups in total. The van der Waals surface area contributed by atoms with Gasteiger partial charge in [0.05, 0.1) is 22.8 Å². The fraction of sp³-hybridized carbons (Fsp3) is 0.261. The average molecular weight is 466 g/mol. The molecule has 10 heteroatoms. The van der Waals surface area contributed by atoms with Gasteiger partial charge in [-0.05, 0) is 54.4 Å². The number of carbonyl (C=O) groups is 1. The highest BCUT2D eigenvalue weighted by atomic mass is 32.2. The second-order valence-corrected chi connectivity index (χ2v) is 9.60. The molecule has 0 bridgehead atoms. The molecule has 2 aromatic heterocycles. The summed E-state index contributed by atoms with van der Waals surface area (Å²) < 4.78 is 32.1. The van der Waals surface area contributed by atoms with E-state index < -0.39 is 10.0 Å². The number of nitrogens with zero attached hydrogens (tertiary/aromatic N) is 4. The van der Waals surface area contributed by atoms with Gasteiger partial charge in [-0.25, -0.2) is 23.1 Å². The van der Waals surface area contributed by atoms with Crippen LogP contribution in [-0.2, 0) is 23.0 Å². The number of benzene rings is 1. The minimum Gasteiger partial charge on any atom is -0.493 e. The quantitative estimate of drug-likeness (QED) is 0.618.